The maximum atomic E-state index is 14.2. The van der Waals surface area contributed by atoms with Gasteiger partial charge in [0, 0.05) is 95.9 Å². The number of fused-ring (bicyclic) bond motifs is 4. The third-order valence-corrected chi connectivity index (χ3v) is 17.8. The van der Waals surface area contributed by atoms with Crippen LogP contribution in [0.1, 0.15) is 44.1 Å². The van der Waals surface area contributed by atoms with E-state index in [1.165, 1.54) is 6.08 Å². The minimum atomic E-state index is -4.66. The Hall–Kier alpha value is -7.78. The Morgan fingerprint density at radius 2 is 1.26 bits per heavy atom. The number of benzene rings is 4. The summed E-state index contributed by atoms with van der Waals surface area (Å²) in [5, 5.41) is 5.79. The van der Waals surface area contributed by atoms with Crippen LogP contribution in [0.4, 0.5) is 29.2 Å². The number of rotatable bonds is 14. The van der Waals surface area contributed by atoms with E-state index < -0.39 is 30.4 Å². The van der Waals surface area contributed by atoms with Crippen molar-refractivity contribution < 1.29 is 36.6 Å². The molecular weight excluding hydrogens is 1140 g/mol. The summed E-state index contributed by atoms with van der Waals surface area (Å²) in [4.78, 5) is 66.4. The van der Waals surface area contributed by atoms with Gasteiger partial charge in [-0.2, -0.15) is 33.1 Å². The zero-order chi connectivity index (χ0) is 59.4. The number of likely N-dealkylation sites (N-methyl/N-ethyl adjacent to an activating group) is 2. The van der Waals surface area contributed by atoms with E-state index in [9.17, 15) is 27.2 Å². The van der Waals surface area contributed by atoms with E-state index in [1.54, 1.807) is 23.1 Å². The monoisotopic (exact) mass is 1200 g/mol. The fraction of sp³-hybridized carbons (Fsp3) is 0.365. The number of nitrogens with zero attached hydrogens (tertiary/aromatic N) is 12. The minimum Gasteiger partial charge on any atom is -0.462 e. The van der Waals surface area contributed by atoms with Crippen molar-refractivity contribution in [1.82, 2.24) is 49.5 Å². The standard InChI is InChI=1S/C63H62Cl2F4N12O4/c1-6-53(82)80-27-25-78(31-36(80)2)58-47-21-23-52(71-56(47)72-61(74-58)84-34-40-13-10-24-76(40)4)46-19-18-43(44-14-9-17-50(65)55(44)46)39-29-41(77(5)32-39)35-85-62-73-57-48(20-22-51(70-57)45-15-7-11-38-12-8-16-49(64)54(38)45)59(75-62)79-26-28-81(60(83)37(3)66)42(33-79)30-63(67,68)69/h6-9,11-12,14-23,36,39-42H,1,3,10,13,24-35H2,2,4-5H3. The van der Waals surface area contributed by atoms with E-state index in [1.807, 2.05) is 73.5 Å². The Balaban J connectivity index is 0.842. The summed E-state index contributed by atoms with van der Waals surface area (Å²) in [5.74, 6) is -1.65. The normalized spacial score (nSPS) is 20.7. The number of halogens is 6. The molecule has 4 aromatic carbocycles. The molecule has 8 heterocycles. The fourth-order valence-electron chi connectivity index (χ4n) is 12.9. The third-order valence-electron chi connectivity index (χ3n) is 17.2. The first-order valence-electron chi connectivity index (χ1n) is 28.5. The molecule has 0 N–H and O–H groups in total. The van der Waals surface area contributed by atoms with Gasteiger partial charge in [0.15, 0.2) is 17.1 Å². The van der Waals surface area contributed by atoms with Crippen molar-refractivity contribution in [3.63, 3.8) is 0 Å². The number of amides is 2. The van der Waals surface area contributed by atoms with Crippen LogP contribution in [-0.4, -0.2) is 171 Å². The van der Waals surface area contributed by atoms with Crippen molar-refractivity contribution in [1.29, 1.82) is 0 Å². The summed E-state index contributed by atoms with van der Waals surface area (Å²) in [5.41, 5.74) is 4.58. The number of likely N-dealkylation sites (tertiary alicyclic amines) is 2. The number of carbonyl (C=O) groups excluding carboxylic acids is 2. The molecule has 22 heteroatoms. The zero-order valence-corrected chi connectivity index (χ0v) is 48.7. The summed E-state index contributed by atoms with van der Waals surface area (Å²) in [7, 11) is 4.13. The number of hydrogen-bond donors (Lipinski definition) is 0. The van der Waals surface area contributed by atoms with Crippen molar-refractivity contribution in [2.24, 2.45) is 0 Å². The quantitative estimate of drug-likeness (QED) is 0.0750. The average molecular weight is 1200 g/mol. The first-order chi connectivity index (χ1) is 40.9. The average Bonchev–Trinajstić information content (AvgIpc) is 2.04. The Labute approximate surface area is 498 Å². The van der Waals surface area contributed by atoms with E-state index >= 15 is 0 Å². The second kappa shape index (κ2) is 23.6. The number of hydrogen-bond acceptors (Lipinski definition) is 14. The van der Waals surface area contributed by atoms with Crippen molar-refractivity contribution >= 4 is 90.3 Å². The fourth-order valence-corrected chi connectivity index (χ4v) is 13.4. The minimum absolute atomic E-state index is 0.0308. The molecule has 440 valence electrons. The highest BCUT2D eigenvalue weighted by Gasteiger charge is 2.41. The summed E-state index contributed by atoms with van der Waals surface area (Å²) in [6.07, 6.45) is -1.89. The van der Waals surface area contributed by atoms with E-state index in [0.717, 1.165) is 67.9 Å². The van der Waals surface area contributed by atoms with Gasteiger partial charge in [0.05, 0.1) is 34.6 Å². The van der Waals surface area contributed by atoms with Gasteiger partial charge in [0.2, 0.25) is 5.91 Å². The summed E-state index contributed by atoms with van der Waals surface area (Å²) >= 11 is 14.0. The summed E-state index contributed by atoms with van der Waals surface area (Å²) in [6.45, 7) is 12.2. The lowest BCUT2D eigenvalue weighted by atomic mass is 9.89. The van der Waals surface area contributed by atoms with E-state index in [2.05, 4.69) is 53.1 Å². The number of aromatic nitrogens is 6. The molecule has 0 bridgehead atoms. The molecule has 4 aromatic heterocycles. The molecule has 12 rings (SSSR count). The Morgan fingerprint density at radius 1 is 0.659 bits per heavy atom. The highest BCUT2D eigenvalue weighted by molar-refractivity contribution is 6.37. The predicted molar refractivity (Wildman–Crippen MR) is 323 cm³/mol. The van der Waals surface area contributed by atoms with Gasteiger partial charge in [0.25, 0.3) is 5.91 Å². The van der Waals surface area contributed by atoms with E-state index in [4.69, 9.17) is 62.6 Å². The van der Waals surface area contributed by atoms with Crippen LogP contribution in [0.15, 0.2) is 116 Å². The molecule has 4 saturated heterocycles. The number of ether oxygens (including phenoxy) is 2. The van der Waals surface area contributed by atoms with Gasteiger partial charge in [0.1, 0.15) is 24.8 Å². The molecule has 16 nitrogen and oxygen atoms in total. The molecule has 4 aliphatic heterocycles. The van der Waals surface area contributed by atoms with E-state index in [-0.39, 0.29) is 79.7 Å². The highest BCUT2D eigenvalue weighted by Crippen LogP contribution is 2.43. The molecule has 85 heavy (non-hydrogen) atoms. The number of anilines is 2. The van der Waals surface area contributed by atoms with Gasteiger partial charge in [-0.15, -0.1) is 0 Å². The SMILES string of the molecule is C=CC(=O)N1CCN(c2nc(OCC3CCCN3C)nc3nc(-c4ccc(C5CC(COc6nc(N7CCN(C(=O)C(=C)F)C(CC(F)(F)F)C7)c7ccc(-c8cccc9cccc(Cl)c89)nc7n6)N(C)C5)c5cccc(Cl)c45)ccc23)CC1C. The number of pyridine rings is 2. The van der Waals surface area contributed by atoms with Crippen LogP contribution in [0.3, 0.4) is 0 Å². The number of alkyl halides is 3. The van der Waals surface area contributed by atoms with Gasteiger partial charge in [-0.25, -0.2) is 14.4 Å². The first-order valence-corrected chi connectivity index (χ1v) is 29.2. The first kappa shape index (κ1) is 57.6. The lowest BCUT2D eigenvalue weighted by Gasteiger charge is -2.42. The van der Waals surface area contributed by atoms with Crippen molar-refractivity contribution in [3.8, 4) is 34.5 Å². The van der Waals surface area contributed by atoms with Crippen LogP contribution in [-0.2, 0) is 9.59 Å². The van der Waals surface area contributed by atoms with Crippen LogP contribution in [0, 0.1) is 0 Å². The Bertz CT molecular complexity index is 3950. The predicted octanol–water partition coefficient (Wildman–Crippen LogP) is 11.3. The molecule has 0 spiro atoms. The topological polar surface area (TPSA) is 149 Å². The molecule has 5 atom stereocenters. The molecule has 0 saturated carbocycles. The van der Waals surface area contributed by atoms with Crippen molar-refractivity contribution in [3.05, 3.63) is 132 Å². The molecule has 8 aromatic rings. The second-order valence-electron chi connectivity index (χ2n) is 22.6. The second-order valence-corrected chi connectivity index (χ2v) is 23.4. The summed E-state index contributed by atoms with van der Waals surface area (Å²) in [6, 6.07) is 27.8. The van der Waals surface area contributed by atoms with Crippen molar-refractivity contribution in [2.75, 3.05) is 89.5 Å². The maximum absolute atomic E-state index is 14.2. The maximum Gasteiger partial charge on any atom is 0.391 e. The molecule has 2 amide bonds. The van der Waals surface area contributed by atoms with Crippen LogP contribution >= 0.6 is 23.2 Å². The zero-order valence-electron chi connectivity index (χ0n) is 47.2. The number of piperazine rings is 2. The molecule has 5 unspecified atom stereocenters. The molecule has 0 aliphatic carbocycles. The van der Waals surface area contributed by atoms with Crippen molar-refractivity contribution in [2.45, 2.75) is 68.9 Å². The van der Waals surface area contributed by atoms with E-state index in [0.29, 0.717) is 77.5 Å². The van der Waals surface area contributed by atoms with Gasteiger partial charge < -0.3 is 34.0 Å². The van der Waals surface area contributed by atoms with Crippen LogP contribution in [0.5, 0.6) is 12.0 Å². The Morgan fingerprint density at radius 3 is 1.87 bits per heavy atom. The lowest BCUT2D eigenvalue weighted by Crippen LogP contribution is -2.56. The molecular formula is C63H62Cl2F4N12O4. The van der Waals surface area contributed by atoms with Crippen LogP contribution in [0.25, 0.3) is 66.1 Å². The Kier molecular flexibility index (Phi) is 16.0. The smallest absolute Gasteiger partial charge is 0.391 e. The molecule has 4 aliphatic rings. The lowest BCUT2D eigenvalue weighted by molar-refractivity contribution is -0.154. The van der Waals surface area contributed by atoms with Crippen LogP contribution < -0.4 is 19.3 Å². The largest absolute Gasteiger partial charge is 0.462 e. The molecule has 0 radical (unpaired) electrons. The summed E-state index contributed by atoms with van der Waals surface area (Å²) < 4.78 is 69.5. The third kappa shape index (κ3) is 11.6. The van der Waals surface area contributed by atoms with Gasteiger partial charge in [-0.3, -0.25) is 14.5 Å². The number of carbonyl (C=O) groups is 2. The van der Waals surface area contributed by atoms with Crippen LogP contribution in [0.2, 0.25) is 10.0 Å². The highest BCUT2D eigenvalue weighted by atomic mass is 35.5. The molecule has 4 fully saturated rings. The van der Waals surface area contributed by atoms with Gasteiger partial charge >= 0.3 is 18.2 Å². The van der Waals surface area contributed by atoms with Gasteiger partial charge in [-0.05, 0) is 112 Å². The van der Waals surface area contributed by atoms with Gasteiger partial charge in [-0.1, -0.05) is 91.0 Å².